The molecule has 1 amide bonds. The zero-order valence-electron chi connectivity index (χ0n) is 11.2. The van der Waals surface area contributed by atoms with Gasteiger partial charge >= 0.3 is 0 Å². The van der Waals surface area contributed by atoms with Crippen LogP contribution in [-0.2, 0) is 10.2 Å². The molecule has 0 heterocycles. The predicted molar refractivity (Wildman–Crippen MR) is 77.0 cm³/mol. The quantitative estimate of drug-likeness (QED) is 0.595. The van der Waals surface area contributed by atoms with Gasteiger partial charge in [0.05, 0.1) is 0 Å². The molecule has 2 nitrogen and oxygen atoms in total. The number of halogens is 1. The fraction of sp³-hybridized carbons (Fsp3) is 0.533. The molecule has 0 fully saturated rings. The lowest BCUT2D eigenvalue weighted by Gasteiger charge is -2.25. The zero-order valence-corrected chi connectivity index (χ0v) is 12.0. The summed E-state index contributed by atoms with van der Waals surface area (Å²) in [4.78, 5) is 11.6. The zero-order chi connectivity index (χ0) is 13.4. The Hall–Kier alpha value is -1.02. The Morgan fingerprint density at radius 2 is 1.89 bits per heavy atom. The van der Waals surface area contributed by atoms with Crippen LogP contribution in [0.25, 0.3) is 0 Å². The summed E-state index contributed by atoms with van der Waals surface area (Å²) < 4.78 is 0. The van der Waals surface area contributed by atoms with Gasteiger partial charge < -0.3 is 5.32 Å². The van der Waals surface area contributed by atoms with Crippen molar-refractivity contribution in [1.29, 1.82) is 0 Å². The Morgan fingerprint density at radius 3 is 2.50 bits per heavy atom. The normalized spacial score (nSPS) is 11.3. The van der Waals surface area contributed by atoms with Crippen molar-refractivity contribution < 1.29 is 4.79 Å². The van der Waals surface area contributed by atoms with E-state index in [2.05, 4.69) is 31.3 Å². The number of alkyl halides is 1. The highest BCUT2D eigenvalue weighted by atomic mass is 35.5. The van der Waals surface area contributed by atoms with E-state index in [-0.39, 0.29) is 11.3 Å². The Balaban J connectivity index is 2.40. The Kier molecular flexibility index (Phi) is 6.20. The summed E-state index contributed by atoms with van der Waals surface area (Å²) in [6, 6.07) is 10.3. The smallest absolute Gasteiger partial charge is 0.220 e. The number of carbonyl (C=O) groups is 1. The molecule has 0 unspecified atom stereocenters. The number of benzene rings is 1. The molecule has 0 saturated carbocycles. The van der Waals surface area contributed by atoms with Crippen molar-refractivity contribution in [2.45, 2.75) is 38.5 Å². The number of rotatable bonds is 7. The number of unbranched alkanes of at least 4 members (excludes halogenated alkanes) is 1. The van der Waals surface area contributed by atoms with Gasteiger partial charge in [-0.05, 0) is 18.4 Å². The van der Waals surface area contributed by atoms with Gasteiger partial charge in [0.1, 0.15) is 0 Å². The molecular weight excluding hydrogens is 246 g/mol. The largest absolute Gasteiger partial charge is 0.355 e. The third kappa shape index (κ3) is 5.09. The van der Waals surface area contributed by atoms with Gasteiger partial charge in [0.25, 0.3) is 0 Å². The highest BCUT2D eigenvalue weighted by Crippen LogP contribution is 2.21. The molecule has 0 bridgehead atoms. The van der Waals surface area contributed by atoms with E-state index in [1.165, 1.54) is 5.56 Å². The second-order valence-corrected chi connectivity index (χ2v) is 5.55. The average Bonchev–Trinajstić information content (AvgIpc) is 2.38. The molecule has 0 aromatic heterocycles. The summed E-state index contributed by atoms with van der Waals surface area (Å²) in [6.45, 7) is 4.94. The molecule has 18 heavy (non-hydrogen) atoms. The molecule has 0 saturated heterocycles. The van der Waals surface area contributed by atoms with E-state index in [0.717, 1.165) is 12.8 Å². The van der Waals surface area contributed by atoms with Crippen molar-refractivity contribution >= 4 is 17.5 Å². The third-order valence-electron chi connectivity index (χ3n) is 3.07. The van der Waals surface area contributed by atoms with E-state index in [1.54, 1.807) is 0 Å². The van der Waals surface area contributed by atoms with Crippen LogP contribution < -0.4 is 5.32 Å². The van der Waals surface area contributed by atoms with Crippen molar-refractivity contribution in [3.63, 3.8) is 0 Å². The predicted octanol–water partition coefficient (Wildman–Crippen LogP) is 3.49. The maximum atomic E-state index is 11.6. The second kappa shape index (κ2) is 7.42. The highest BCUT2D eigenvalue weighted by Gasteiger charge is 2.20. The molecule has 1 N–H and O–H groups in total. The van der Waals surface area contributed by atoms with Crippen LogP contribution in [0.3, 0.4) is 0 Å². The Bertz CT molecular complexity index is 362. The van der Waals surface area contributed by atoms with Crippen LogP contribution in [0.5, 0.6) is 0 Å². The first-order chi connectivity index (χ1) is 8.56. The van der Waals surface area contributed by atoms with Gasteiger partial charge in [-0.2, -0.15) is 0 Å². The molecule has 1 rings (SSSR count). The van der Waals surface area contributed by atoms with Gasteiger partial charge in [-0.3, -0.25) is 4.79 Å². The van der Waals surface area contributed by atoms with E-state index < -0.39 is 0 Å². The van der Waals surface area contributed by atoms with Gasteiger partial charge in [0.15, 0.2) is 0 Å². The monoisotopic (exact) mass is 267 g/mol. The van der Waals surface area contributed by atoms with E-state index in [9.17, 15) is 4.79 Å². The first kappa shape index (κ1) is 15.0. The first-order valence-electron chi connectivity index (χ1n) is 6.44. The summed E-state index contributed by atoms with van der Waals surface area (Å²) in [5.74, 6) is 0.743. The van der Waals surface area contributed by atoms with Gasteiger partial charge in [0, 0.05) is 24.3 Å². The summed E-state index contributed by atoms with van der Waals surface area (Å²) >= 11 is 5.58. The van der Waals surface area contributed by atoms with Crippen molar-refractivity contribution in [1.82, 2.24) is 5.32 Å². The molecular formula is C15H22ClNO. The fourth-order valence-corrected chi connectivity index (χ4v) is 1.97. The van der Waals surface area contributed by atoms with Crippen molar-refractivity contribution in [2.75, 3.05) is 12.4 Å². The Labute approximate surface area is 115 Å². The van der Waals surface area contributed by atoms with Gasteiger partial charge in [0.2, 0.25) is 5.91 Å². The van der Waals surface area contributed by atoms with E-state index in [4.69, 9.17) is 11.6 Å². The van der Waals surface area contributed by atoms with Crippen LogP contribution in [0.15, 0.2) is 30.3 Å². The number of amides is 1. The number of hydrogen-bond donors (Lipinski definition) is 1. The van der Waals surface area contributed by atoms with E-state index in [0.29, 0.717) is 18.8 Å². The summed E-state index contributed by atoms with van der Waals surface area (Å²) in [5.41, 5.74) is 1.20. The lowest BCUT2D eigenvalue weighted by molar-refractivity contribution is -0.121. The average molecular weight is 268 g/mol. The maximum Gasteiger partial charge on any atom is 0.220 e. The molecule has 0 atom stereocenters. The Morgan fingerprint density at radius 1 is 1.22 bits per heavy atom. The lowest BCUT2D eigenvalue weighted by Crippen LogP contribution is -2.36. The van der Waals surface area contributed by atoms with E-state index >= 15 is 0 Å². The molecule has 0 aliphatic heterocycles. The van der Waals surface area contributed by atoms with Gasteiger partial charge in [-0.1, -0.05) is 44.2 Å². The number of nitrogens with one attached hydrogen (secondary N) is 1. The molecule has 0 aliphatic carbocycles. The summed E-state index contributed by atoms with van der Waals surface area (Å²) in [7, 11) is 0. The van der Waals surface area contributed by atoms with Crippen LogP contribution in [0.4, 0.5) is 0 Å². The lowest BCUT2D eigenvalue weighted by atomic mass is 9.84. The molecule has 100 valence electrons. The second-order valence-electron chi connectivity index (χ2n) is 5.17. The van der Waals surface area contributed by atoms with Crippen molar-refractivity contribution in [2.24, 2.45) is 0 Å². The van der Waals surface area contributed by atoms with Crippen LogP contribution in [0.1, 0.15) is 38.7 Å². The minimum atomic E-state index is -0.0383. The van der Waals surface area contributed by atoms with Crippen molar-refractivity contribution in [3.8, 4) is 0 Å². The standard InChI is InChI=1S/C15H22ClNO/c1-15(2,13-8-4-3-5-9-13)12-17-14(18)10-6-7-11-16/h3-5,8-9H,6-7,10-12H2,1-2H3,(H,17,18). The van der Waals surface area contributed by atoms with Gasteiger partial charge in [-0.25, -0.2) is 0 Å². The number of hydrogen-bond acceptors (Lipinski definition) is 1. The third-order valence-corrected chi connectivity index (χ3v) is 3.34. The summed E-state index contributed by atoms with van der Waals surface area (Å²) in [6.07, 6.45) is 2.33. The van der Waals surface area contributed by atoms with Gasteiger partial charge in [-0.15, -0.1) is 11.6 Å². The topological polar surface area (TPSA) is 29.1 Å². The van der Waals surface area contributed by atoms with Crippen LogP contribution >= 0.6 is 11.6 Å². The van der Waals surface area contributed by atoms with Crippen LogP contribution in [0.2, 0.25) is 0 Å². The fourth-order valence-electron chi connectivity index (χ4n) is 1.78. The highest BCUT2D eigenvalue weighted by molar-refractivity contribution is 6.17. The van der Waals surface area contributed by atoms with E-state index in [1.807, 2.05) is 18.2 Å². The maximum absolute atomic E-state index is 11.6. The first-order valence-corrected chi connectivity index (χ1v) is 6.98. The summed E-state index contributed by atoms with van der Waals surface area (Å²) in [5, 5.41) is 3.00. The molecule has 0 spiro atoms. The molecule has 1 aromatic rings. The van der Waals surface area contributed by atoms with Crippen LogP contribution in [0, 0.1) is 0 Å². The number of carbonyl (C=O) groups excluding carboxylic acids is 1. The molecule has 0 radical (unpaired) electrons. The minimum absolute atomic E-state index is 0.0383. The minimum Gasteiger partial charge on any atom is -0.355 e. The molecule has 3 heteroatoms. The van der Waals surface area contributed by atoms with Crippen molar-refractivity contribution in [3.05, 3.63) is 35.9 Å². The van der Waals surface area contributed by atoms with Crippen LogP contribution in [-0.4, -0.2) is 18.3 Å². The SMILES string of the molecule is CC(C)(CNC(=O)CCCCCl)c1ccccc1. The molecule has 0 aliphatic rings. The molecule has 1 aromatic carbocycles.